The van der Waals surface area contributed by atoms with Gasteiger partial charge in [-0.05, 0) is 23.3 Å². The van der Waals surface area contributed by atoms with E-state index in [1.165, 1.54) is 0 Å². The van der Waals surface area contributed by atoms with Crippen LogP contribution >= 0.6 is 0 Å². The number of aromatic nitrogens is 1. The molecule has 1 atom stereocenters. The van der Waals surface area contributed by atoms with Crippen LogP contribution in [0, 0.1) is 0 Å². The minimum atomic E-state index is -0.591. The van der Waals surface area contributed by atoms with Crippen molar-refractivity contribution in [1.82, 2.24) is 10.3 Å². The first-order valence-corrected chi connectivity index (χ1v) is 8.32. The van der Waals surface area contributed by atoms with Crippen LogP contribution in [-0.4, -0.2) is 22.1 Å². The molecule has 2 aliphatic rings. The highest BCUT2D eigenvalue weighted by Crippen LogP contribution is 2.37. The molecule has 2 heterocycles. The first-order valence-electron chi connectivity index (χ1n) is 8.32. The number of rotatable bonds is 1. The Morgan fingerprint density at radius 2 is 1.80 bits per heavy atom. The molecule has 0 spiro atoms. The Kier molecular flexibility index (Phi) is 2.96. The van der Waals surface area contributed by atoms with Gasteiger partial charge in [-0.2, -0.15) is 0 Å². The Hall–Kier alpha value is -3.11. The van der Waals surface area contributed by atoms with E-state index in [0.717, 1.165) is 33.2 Å². The first kappa shape index (κ1) is 14.3. The van der Waals surface area contributed by atoms with Crippen molar-refractivity contribution in [2.75, 3.05) is 0 Å². The fourth-order valence-corrected chi connectivity index (χ4v) is 3.85. The van der Waals surface area contributed by atoms with Crippen LogP contribution in [0.4, 0.5) is 0 Å². The van der Waals surface area contributed by atoms with Gasteiger partial charge in [0.2, 0.25) is 0 Å². The van der Waals surface area contributed by atoms with Crippen molar-refractivity contribution in [2.45, 2.75) is 12.5 Å². The number of hydrogen-bond acceptors (Lipinski definition) is 2. The van der Waals surface area contributed by atoms with E-state index in [2.05, 4.69) is 10.3 Å². The van der Waals surface area contributed by atoms with Gasteiger partial charge >= 0.3 is 0 Å². The summed E-state index contributed by atoms with van der Waals surface area (Å²) in [6, 6.07) is 15.9. The lowest BCUT2D eigenvalue weighted by Gasteiger charge is -2.08. The molecule has 3 aromatic rings. The summed E-state index contributed by atoms with van der Waals surface area (Å²) < 4.78 is 0. The van der Waals surface area contributed by atoms with Gasteiger partial charge in [-0.3, -0.25) is 4.79 Å². The smallest absolute Gasteiger partial charge is 0.256 e. The number of aliphatic hydroxyl groups is 1. The van der Waals surface area contributed by atoms with Gasteiger partial charge < -0.3 is 15.4 Å². The van der Waals surface area contributed by atoms with Gasteiger partial charge in [0.05, 0.1) is 11.7 Å². The molecular formula is C21H16N2O2. The van der Waals surface area contributed by atoms with Crippen LogP contribution in [0.25, 0.3) is 22.0 Å². The lowest BCUT2D eigenvalue weighted by molar-refractivity contribution is -0.114. The number of carbonyl (C=O) groups excluding carboxylic acids is 1. The average Bonchev–Trinajstić information content (AvgIpc) is 3.28. The van der Waals surface area contributed by atoms with E-state index in [4.69, 9.17) is 0 Å². The number of H-pyrrole nitrogens is 1. The number of nitrogens with one attached hydrogen (secondary N) is 2. The van der Waals surface area contributed by atoms with Crippen molar-refractivity contribution in [1.29, 1.82) is 0 Å². The molecule has 1 aliphatic heterocycles. The maximum Gasteiger partial charge on any atom is 0.256 e. The Morgan fingerprint density at radius 1 is 1.00 bits per heavy atom. The normalized spacial score (nSPS) is 22.2. The second-order valence-electron chi connectivity index (χ2n) is 6.46. The van der Waals surface area contributed by atoms with Crippen molar-refractivity contribution < 1.29 is 9.90 Å². The van der Waals surface area contributed by atoms with Crippen molar-refractivity contribution in [2.24, 2.45) is 0 Å². The van der Waals surface area contributed by atoms with Gasteiger partial charge in [-0.25, -0.2) is 0 Å². The van der Waals surface area contributed by atoms with Crippen molar-refractivity contribution in [3.63, 3.8) is 0 Å². The number of allylic oxidation sites excluding steroid dienone is 1. The van der Waals surface area contributed by atoms with E-state index in [9.17, 15) is 9.90 Å². The lowest BCUT2D eigenvalue weighted by Crippen LogP contribution is -2.19. The number of aromatic amines is 1. The molecule has 1 amide bonds. The predicted molar refractivity (Wildman–Crippen MR) is 97.5 cm³/mol. The molecule has 0 bridgehead atoms. The van der Waals surface area contributed by atoms with Crippen LogP contribution in [0.15, 0.2) is 66.5 Å². The third-order valence-electron chi connectivity index (χ3n) is 5.01. The van der Waals surface area contributed by atoms with E-state index in [0.29, 0.717) is 17.7 Å². The number of carbonyl (C=O) groups is 1. The molecule has 122 valence electrons. The summed E-state index contributed by atoms with van der Waals surface area (Å²) in [7, 11) is 0. The molecule has 0 saturated carbocycles. The van der Waals surface area contributed by atoms with Crippen LogP contribution in [0.3, 0.4) is 0 Å². The largest absolute Gasteiger partial charge is 0.388 e. The van der Waals surface area contributed by atoms with Crippen LogP contribution < -0.4 is 5.32 Å². The van der Waals surface area contributed by atoms with Gasteiger partial charge in [0, 0.05) is 40.4 Å². The summed E-state index contributed by atoms with van der Waals surface area (Å²) >= 11 is 0. The maximum atomic E-state index is 12.6. The van der Waals surface area contributed by atoms with Gasteiger partial charge in [0.1, 0.15) is 0 Å². The molecule has 25 heavy (non-hydrogen) atoms. The fourth-order valence-electron chi connectivity index (χ4n) is 3.85. The maximum absolute atomic E-state index is 12.6. The molecule has 1 aliphatic carbocycles. The number of aliphatic hydroxyl groups excluding tert-OH is 1. The summed E-state index contributed by atoms with van der Waals surface area (Å²) in [5.74, 6) is -0.135. The number of fused-ring (bicyclic) bond motifs is 2. The molecule has 0 saturated heterocycles. The Balaban J connectivity index is 1.68. The molecule has 0 radical (unpaired) electrons. The molecule has 3 N–H and O–H groups in total. The van der Waals surface area contributed by atoms with Gasteiger partial charge in [-0.1, -0.05) is 42.5 Å². The summed E-state index contributed by atoms with van der Waals surface area (Å²) in [4.78, 5) is 15.8. The Labute approximate surface area is 144 Å². The number of para-hydroxylation sites is 1. The van der Waals surface area contributed by atoms with Gasteiger partial charge in [0.15, 0.2) is 0 Å². The highest BCUT2D eigenvalue weighted by molar-refractivity contribution is 6.26. The van der Waals surface area contributed by atoms with Crippen molar-refractivity contribution in [3.8, 4) is 0 Å². The standard InChI is InChI=1S/C21H16N2O2/c24-19-9-12-5-1-2-6-13(12)20(19)18-10-15(21(25)23-18)16-11-22-17-8-4-3-7-14(16)17/h1-8,10-11,19,22,24H,9H2,(H,23,25)/b20-18+. The SMILES string of the molecule is O=C1N/C(=C2\c3ccccc3CC2O)C=C1c1c[nH]c2ccccc12. The third kappa shape index (κ3) is 2.08. The van der Waals surface area contributed by atoms with E-state index < -0.39 is 6.10 Å². The molecule has 4 nitrogen and oxygen atoms in total. The van der Waals surface area contributed by atoms with Crippen LogP contribution in [0.2, 0.25) is 0 Å². The Bertz CT molecular complexity index is 1090. The minimum absolute atomic E-state index is 0.135. The molecule has 1 aromatic heterocycles. The van der Waals surface area contributed by atoms with E-state index in [-0.39, 0.29) is 5.91 Å². The number of benzene rings is 2. The van der Waals surface area contributed by atoms with E-state index in [1.807, 2.05) is 60.8 Å². The topological polar surface area (TPSA) is 65.1 Å². The number of amides is 1. The second-order valence-corrected chi connectivity index (χ2v) is 6.46. The first-order chi connectivity index (χ1) is 12.2. The summed E-state index contributed by atoms with van der Waals surface area (Å²) in [6.45, 7) is 0. The molecule has 0 fully saturated rings. The fraction of sp³-hybridized carbons (Fsp3) is 0.0952. The average molecular weight is 328 g/mol. The minimum Gasteiger partial charge on any atom is -0.388 e. The quantitative estimate of drug-likeness (QED) is 0.643. The van der Waals surface area contributed by atoms with Crippen LogP contribution in [-0.2, 0) is 11.2 Å². The van der Waals surface area contributed by atoms with Gasteiger partial charge in [-0.15, -0.1) is 0 Å². The molecule has 5 rings (SSSR count). The zero-order valence-electron chi connectivity index (χ0n) is 13.4. The van der Waals surface area contributed by atoms with E-state index in [1.54, 1.807) is 0 Å². The number of hydrogen-bond donors (Lipinski definition) is 3. The lowest BCUT2D eigenvalue weighted by atomic mass is 10.0. The highest BCUT2D eigenvalue weighted by atomic mass is 16.3. The zero-order chi connectivity index (χ0) is 17.0. The second kappa shape index (κ2) is 5.19. The van der Waals surface area contributed by atoms with Crippen LogP contribution in [0.1, 0.15) is 16.7 Å². The summed E-state index contributed by atoms with van der Waals surface area (Å²) in [6.07, 6.45) is 3.72. The van der Waals surface area contributed by atoms with Crippen molar-refractivity contribution >= 4 is 28.0 Å². The van der Waals surface area contributed by atoms with Gasteiger partial charge in [0.25, 0.3) is 5.91 Å². The molecule has 2 aromatic carbocycles. The zero-order valence-corrected chi connectivity index (χ0v) is 13.4. The van der Waals surface area contributed by atoms with E-state index >= 15 is 0 Å². The molecule has 4 heteroatoms. The monoisotopic (exact) mass is 328 g/mol. The summed E-state index contributed by atoms with van der Waals surface area (Å²) in [5, 5.41) is 14.5. The third-order valence-corrected chi connectivity index (χ3v) is 5.01. The molecule has 1 unspecified atom stereocenters. The predicted octanol–water partition coefficient (Wildman–Crippen LogP) is 3.01. The molecular weight excluding hydrogens is 312 g/mol. The van der Waals surface area contributed by atoms with Crippen molar-refractivity contribution in [3.05, 3.63) is 83.2 Å². The highest BCUT2D eigenvalue weighted by Gasteiger charge is 2.31. The summed E-state index contributed by atoms with van der Waals surface area (Å²) in [5.41, 5.74) is 6.13. The Morgan fingerprint density at radius 3 is 2.72 bits per heavy atom. The van der Waals surface area contributed by atoms with Crippen LogP contribution in [0.5, 0.6) is 0 Å².